The summed E-state index contributed by atoms with van der Waals surface area (Å²) in [6, 6.07) is 0. The molecule has 0 bridgehead atoms. The highest BCUT2D eigenvalue weighted by Crippen LogP contribution is 2.59. The van der Waals surface area contributed by atoms with E-state index in [1.807, 2.05) is 18.9 Å². The molecular formula is C14H19N3O3. The topological polar surface area (TPSA) is 75.4 Å². The molecule has 108 valence electrons. The summed E-state index contributed by atoms with van der Waals surface area (Å²) in [6.45, 7) is 3.18. The quantitative estimate of drug-likeness (QED) is 0.877. The molecule has 0 radical (unpaired) electrons. The highest BCUT2D eigenvalue weighted by atomic mass is 16.4. The van der Waals surface area contributed by atoms with Crippen molar-refractivity contribution in [2.75, 3.05) is 13.1 Å². The SMILES string of the molecule is Cc1c(C(=O)N2CCC3(CC2)CC3C(=O)O)cnn1C. The summed E-state index contributed by atoms with van der Waals surface area (Å²) in [4.78, 5) is 25.3. The molecule has 6 heteroatoms. The summed E-state index contributed by atoms with van der Waals surface area (Å²) < 4.78 is 1.69. The van der Waals surface area contributed by atoms with E-state index in [2.05, 4.69) is 5.10 Å². The normalized spacial score (nSPS) is 23.9. The third-order valence-corrected chi connectivity index (χ3v) is 5.00. The van der Waals surface area contributed by atoms with Crippen molar-refractivity contribution < 1.29 is 14.7 Å². The summed E-state index contributed by atoms with van der Waals surface area (Å²) in [5.41, 5.74) is 1.48. The van der Waals surface area contributed by atoms with E-state index in [-0.39, 0.29) is 17.2 Å². The van der Waals surface area contributed by atoms with Crippen LogP contribution in [-0.4, -0.2) is 44.8 Å². The van der Waals surface area contributed by atoms with Crippen LogP contribution in [0.25, 0.3) is 0 Å². The lowest BCUT2D eigenvalue weighted by Gasteiger charge is -2.32. The van der Waals surface area contributed by atoms with Crippen molar-refractivity contribution in [1.82, 2.24) is 14.7 Å². The van der Waals surface area contributed by atoms with Gasteiger partial charge in [-0.25, -0.2) is 0 Å². The van der Waals surface area contributed by atoms with Crippen LogP contribution < -0.4 is 0 Å². The Hall–Kier alpha value is -1.85. The van der Waals surface area contributed by atoms with Gasteiger partial charge in [0.1, 0.15) is 0 Å². The van der Waals surface area contributed by atoms with E-state index in [0.717, 1.165) is 25.0 Å². The van der Waals surface area contributed by atoms with Crippen LogP contribution in [0.15, 0.2) is 6.20 Å². The molecule has 2 aliphatic rings. The fourth-order valence-electron chi connectivity index (χ4n) is 3.28. The van der Waals surface area contributed by atoms with Crippen molar-refractivity contribution in [2.24, 2.45) is 18.4 Å². The van der Waals surface area contributed by atoms with Crippen LogP contribution in [0.1, 0.15) is 35.3 Å². The number of aromatic nitrogens is 2. The zero-order valence-corrected chi connectivity index (χ0v) is 11.8. The lowest BCUT2D eigenvalue weighted by atomic mass is 9.90. The first-order valence-corrected chi connectivity index (χ1v) is 6.95. The van der Waals surface area contributed by atoms with E-state index in [9.17, 15) is 9.59 Å². The fraction of sp³-hybridized carbons (Fsp3) is 0.643. The predicted molar refractivity (Wildman–Crippen MR) is 71.3 cm³/mol. The van der Waals surface area contributed by atoms with Crippen molar-refractivity contribution in [3.8, 4) is 0 Å². The maximum atomic E-state index is 12.4. The zero-order valence-electron chi connectivity index (χ0n) is 11.8. The predicted octanol–water partition coefficient (Wildman–Crippen LogP) is 1.06. The molecule has 1 aromatic heterocycles. The monoisotopic (exact) mass is 277 g/mol. The van der Waals surface area contributed by atoms with Gasteiger partial charge in [-0.2, -0.15) is 5.10 Å². The number of nitrogens with zero attached hydrogens (tertiary/aromatic N) is 3. The van der Waals surface area contributed by atoms with Crippen LogP contribution in [-0.2, 0) is 11.8 Å². The Morgan fingerprint density at radius 3 is 2.50 bits per heavy atom. The summed E-state index contributed by atoms with van der Waals surface area (Å²) in [6.07, 6.45) is 3.99. The number of amides is 1. The molecule has 1 amide bonds. The lowest BCUT2D eigenvalue weighted by Crippen LogP contribution is -2.40. The molecule has 1 saturated carbocycles. The first-order valence-electron chi connectivity index (χ1n) is 6.95. The largest absolute Gasteiger partial charge is 0.481 e. The maximum absolute atomic E-state index is 12.4. The fourth-order valence-corrected chi connectivity index (χ4v) is 3.28. The molecule has 1 unspecified atom stereocenters. The number of carboxylic acid groups (broad SMARTS) is 1. The summed E-state index contributed by atoms with van der Waals surface area (Å²) in [5.74, 6) is -0.870. The van der Waals surface area contributed by atoms with E-state index in [4.69, 9.17) is 5.11 Å². The molecule has 1 aliphatic carbocycles. The lowest BCUT2D eigenvalue weighted by molar-refractivity contribution is -0.139. The number of likely N-dealkylation sites (tertiary alicyclic amines) is 1. The second-order valence-corrected chi connectivity index (χ2v) is 6.02. The first-order chi connectivity index (χ1) is 9.44. The Morgan fingerprint density at radius 1 is 1.40 bits per heavy atom. The molecule has 1 aliphatic heterocycles. The van der Waals surface area contributed by atoms with Gasteiger partial charge in [-0.3, -0.25) is 14.3 Å². The van der Waals surface area contributed by atoms with Gasteiger partial charge in [-0.15, -0.1) is 0 Å². The van der Waals surface area contributed by atoms with Gasteiger partial charge in [0.05, 0.1) is 17.7 Å². The molecule has 1 atom stereocenters. The van der Waals surface area contributed by atoms with Crippen molar-refractivity contribution in [3.05, 3.63) is 17.5 Å². The van der Waals surface area contributed by atoms with E-state index >= 15 is 0 Å². The minimum Gasteiger partial charge on any atom is -0.481 e. The summed E-state index contributed by atoms with van der Waals surface area (Å²) >= 11 is 0. The van der Waals surface area contributed by atoms with E-state index < -0.39 is 5.97 Å². The van der Waals surface area contributed by atoms with Gasteiger partial charge < -0.3 is 10.0 Å². The highest BCUT2D eigenvalue weighted by molar-refractivity contribution is 5.95. The van der Waals surface area contributed by atoms with Gasteiger partial charge >= 0.3 is 5.97 Å². The number of carboxylic acids is 1. The standard InChI is InChI=1S/C14H19N3O3/c1-9-10(8-15-16(9)2)12(18)17-5-3-14(4-6-17)7-11(14)13(19)20/h8,11H,3-7H2,1-2H3,(H,19,20). The van der Waals surface area contributed by atoms with Crippen molar-refractivity contribution >= 4 is 11.9 Å². The van der Waals surface area contributed by atoms with Crippen molar-refractivity contribution in [1.29, 1.82) is 0 Å². The minimum atomic E-state index is -0.687. The van der Waals surface area contributed by atoms with Gasteiger partial charge in [0, 0.05) is 25.8 Å². The number of hydrogen-bond acceptors (Lipinski definition) is 3. The van der Waals surface area contributed by atoms with Gasteiger partial charge in [-0.1, -0.05) is 0 Å². The Labute approximate surface area is 117 Å². The van der Waals surface area contributed by atoms with Gasteiger partial charge in [0.15, 0.2) is 0 Å². The van der Waals surface area contributed by atoms with E-state index in [1.165, 1.54) is 0 Å². The Balaban J connectivity index is 1.66. The molecule has 2 heterocycles. The van der Waals surface area contributed by atoms with Crippen molar-refractivity contribution in [3.63, 3.8) is 0 Å². The molecule has 6 nitrogen and oxygen atoms in total. The highest BCUT2D eigenvalue weighted by Gasteiger charge is 2.59. The third-order valence-electron chi connectivity index (χ3n) is 5.00. The molecule has 3 rings (SSSR count). The molecule has 2 fully saturated rings. The Morgan fingerprint density at radius 2 is 2.05 bits per heavy atom. The van der Waals surface area contributed by atoms with Crippen LogP contribution in [0.4, 0.5) is 0 Å². The number of hydrogen-bond donors (Lipinski definition) is 1. The molecule has 1 N–H and O–H groups in total. The van der Waals surface area contributed by atoms with Crippen LogP contribution in [0, 0.1) is 18.3 Å². The second-order valence-electron chi connectivity index (χ2n) is 6.02. The molecule has 0 aromatic carbocycles. The number of aliphatic carboxylic acids is 1. The maximum Gasteiger partial charge on any atom is 0.307 e. The van der Waals surface area contributed by atoms with E-state index in [0.29, 0.717) is 18.7 Å². The van der Waals surface area contributed by atoms with Crippen LogP contribution in [0.5, 0.6) is 0 Å². The molecule has 20 heavy (non-hydrogen) atoms. The average molecular weight is 277 g/mol. The Kier molecular flexibility index (Phi) is 2.84. The third kappa shape index (κ3) is 1.90. The molecule has 1 spiro atoms. The van der Waals surface area contributed by atoms with Gasteiger partial charge in [0.25, 0.3) is 5.91 Å². The molecular weight excluding hydrogens is 258 g/mol. The second kappa shape index (κ2) is 4.33. The molecule has 1 saturated heterocycles. The number of carbonyl (C=O) groups excluding carboxylic acids is 1. The number of aryl methyl sites for hydroxylation is 1. The first kappa shape index (κ1) is 13.1. The minimum absolute atomic E-state index is 0.0120. The van der Waals surface area contributed by atoms with Gasteiger partial charge in [0.2, 0.25) is 0 Å². The summed E-state index contributed by atoms with van der Waals surface area (Å²) in [5, 5.41) is 13.2. The van der Waals surface area contributed by atoms with E-state index in [1.54, 1.807) is 10.9 Å². The van der Waals surface area contributed by atoms with Crippen LogP contribution >= 0.6 is 0 Å². The van der Waals surface area contributed by atoms with Crippen LogP contribution in [0.2, 0.25) is 0 Å². The average Bonchev–Trinajstić information content (AvgIpc) is 3.03. The smallest absolute Gasteiger partial charge is 0.307 e. The van der Waals surface area contributed by atoms with Crippen molar-refractivity contribution in [2.45, 2.75) is 26.2 Å². The summed E-state index contributed by atoms with van der Waals surface area (Å²) in [7, 11) is 1.82. The zero-order chi connectivity index (χ0) is 14.5. The number of rotatable bonds is 2. The van der Waals surface area contributed by atoms with Gasteiger partial charge in [-0.05, 0) is 31.6 Å². The Bertz CT molecular complexity index is 570. The molecule has 1 aromatic rings. The number of carbonyl (C=O) groups is 2. The number of piperidine rings is 1. The van der Waals surface area contributed by atoms with Crippen LogP contribution in [0.3, 0.4) is 0 Å².